The van der Waals surface area contributed by atoms with Crippen molar-refractivity contribution in [3.05, 3.63) is 59.2 Å². The molecule has 0 N–H and O–H groups in total. The van der Waals surface area contributed by atoms with Crippen LogP contribution in [0, 0.1) is 11.5 Å². The molecule has 1 aromatic heterocycles. The van der Waals surface area contributed by atoms with Gasteiger partial charge in [-0.1, -0.05) is 141 Å². The molecule has 1 aliphatic rings. The van der Waals surface area contributed by atoms with Crippen LogP contribution in [0.5, 0.6) is 0 Å². The van der Waals surface area contributed by atoms with E-state index in [0.29, 0.717) is 0 Å². The van der Waals surface area contributed by atoms with Crippen LogP contribution in [0.2, 0.25) is 19.6 Å². The van der Waals surface area contributed by atoms with Crippen LogP contribution >= 0.6 is 0 Å². The Morgan fingerprint density at radius 2 is 1.35 bits per heavy atom. The van der Waals surface area contributed by atoms with Crippen molar-refractivity contribution in [2.45, 2.75) is 142 Å². The van der Waals surface area contributed by atoms with Gasteiger partial charge in [0.15, 0.2) is 0 Å². The van der Waals surface area contributed by atoms with E-state index < -0.39 is 8.07 Å². The third-order valence-corrected chi connectivity index (χ3v) is 9.85. The molecule has 2 aromatic carbocycles. The lowest BCUT2D eigenvalue weighted by molar-refractivity contribution is 0.403. The molecule has 4 rings (SSSR count). The third-order valence-electron chi connectivity index (χ3n) is 8.97. The number of unbranched alkanes of at least 4 members (excludes halogenated alkanes) is 9. The number of hydrogen-bond donors (Lipinski definition) is 0. The predicted molar refractivity (Wildman–Crippen MR) is 180 cm³/mol. The number of aromatic nitrogens is 1. The molecule has 1 aliphatic carbocycles. The summed E-state index contributed by atoms with van der Waals surface area (Å²) < 4.78 is 2.71. The minimum atomic E-state index is -1.44. The van der Waals surface area contributed by atoms with E-state index in [1.54, 1.807) is 11.1 Å². The van der Waals surface area contributed by atoms with Crippen LogP contribution in [0.3, 0.4) is 0 Å². The summed E-state index contributed by atoms with van der Waals surface area (Å²) in [5.41, 5.74) is 12.7. The standard InChI is InChI=1S/C38H55NSi/c1-7-10-13-18-26-38(27-19-14-11-8-2)34-30-31(25-29-40(4,5)6)23-24-32(34)37-36(38)33-21-16-17-22-35(33)39(37)28-20-15-12-9-3/h16-17,21-24,30H,7-15,18-20,26-28H2,1-6H3. The third kappa shape index (κ3) is 6.79. The summed E-state index contributed by atoms with van der Waals surface area (Å²) in [6.45, 7) is 15.1. The summed E-state index contributed by atoms with van der Waals surface area (Å²) in [6, 6.07) is 16.6. The lowest BCUT2D eigenvalue weighted by Crippen LogP contribution is -2.25. The maximum absolute atomic E-state index is 3.66. The number of para-hydroxylation sites is 1. The van der Waals surface area contributed by atoms with Crippen LogP contribution in [0.15, 0.2) is 42.5 Å². The molecule has 0 saturated carbocycles. The van der Waals surface area contributed by atoms with Crippen LogP contribution in [0.25, 0.3) is 22.2 Å². The Labute approximate surface area is 247 Å². The molecular weight excluding hydrogens is 499 g/mol. The van der Waals surface area contributed by atoms with Gasteiger partial charge >= 0.3 is 0 Å². The Morgan fingerprint density at radius 1 is 0.725 bits per heavy atom. The van der Waals surface area contributed by atoms with Gasteiger partial charge in [0.2, 0.25) is 0 Å². The molecule has 0 aliphatic heterocycles. The van der Waals surface area contributed by atoms with Crippen molar-refractivity contribution in [3.63, 3.8) is 0 Å². The highest BCUT2D eigenvalue weighted by Gasteiger charge is 2.46. The van der Waals surface area contributed by atoms with Crippen molar-refractivity contribution in [2.75, 3.05) is 0 Å². The van der Waals surface area contributed by atoms with Gasteiger partial charge in [-0.15, -0.1) is 5.54 Å². The molecule has 0 saturated heterocycles. The lowest BCUT2D eigenvalue weighted by atomic mass is 9.70. The molecule has 216 valence electrons. The van der Waals surface area contributed by atoms with Gasteiger partial charge in [-0.05, 0) is 48.6 Å². The summed E-state index contributed by atoms with van der Waals surface area (Å²) >= 11 is 0. The van der Waals surface area contributed by atoms with Gasteiger partial charge in [-0.2, -0.15) is 0 Å². The number of hydrogen-bond acceptors (Lipinski definition) is 0. The van der Waals surface area contributed by atoms with Crippen molar-refractivity contribution in [2.24, 2.45) is 0 Å². The van der Waals surface area contributed by atoms with Gasteiger partial charge in [-0.25, -0.2) is 0 Å². The minimum absolute atomic E-state index is 0.0945. The molecule has 0 spiro atoms. The molecule has 0 atom stereocenters. The normalized spacial score (nSPS) is 13.8. The molecule has 40 heavy (non-hydrogen) atoms. The first-order valence-electron chi connectivity index (χ1n) is 16.7. The monoisotopic (exact) mass is 553 g/mol. The van der Waals surface area contributed by atoms with Gasteiger partial charge in [0.05, 0.1) is 5.69 Å². The summed E-state index contributed by atoms with van der Waals surface area (Å²) in [7, 11) is -1.44. The Kier molecular flexibility index (Phi) is 10.8. The topological polar surface area (TPSA) is 4.93 Å². The van der Waals surface area contributed by atoms with E-state index in [1.807, 2.05) is 0 Å². The van der Waals surface area contributed by atoms with E-state index in [4.69, 9.17) is 0 Å². The predicted octanol–water partition coefficient (Wildman–Crippen LogP) is 11.7. The first-order chi connectivity index (χ1) is 19.4. The van der Waals surface area contributed by atoms with Crippen LogP contribution in [-0.4, -0.2) is 12.6 Å². The Hall–Kier alpha value is -2.24. The molecule has 2 heteroatoms. The van der Waals surface area contributed by atoms with Crippen LogP contribution in [0.1, 0.15) is 127 Å². The van der Waals surface area contributed by atoms with E-state index in [-0.39, 0.29) is 5.41 Å². The van der Waals surface area contributed by atoms with Crippen LogP contribution < -0.4 is 0 Å². The zero-order valence-corrected chi connectivity index (χ0v) is 27.6. The highest BCUT2D eigenvalue weighted by atomic mass is 28.3. The summed E-state index contributed by atoms with van der Waals surface area (Å²) in [6.07, 6.45) is 18.2. The van der Waals surface area contributed by atoms with Crippen molar-refractivity contribution >= 4 is 19.0 Å². The summed E-state index contributed by atoms with van der Waals surface area (Å²) in [5, 5.41) is 1.50. The maximum atomic E-state index is 3.66. The average Bonchev–Trinajstić information content (AvgIpc) is 3.41. The molecule has 3 aromatic rings. The van der Waals surface area contributed by atoms with Crippen molar-refractivity contribution in [3.8, 4) is 22.7 Å². The molecular formula is C38H55NSi. The molecule has 0 unspecified atom stereocenters. The molecule has 0 amide bonds. The molecule has 1 nitrogen and oxygen atoms in total. The zero-order valence-electron chi connectivity index (χ0n) is 26.6. The number of rotatable bonds is 15. The Balaban J connectivity index is 1.92. The quantitative estimate of drug-likeness (QED) is 0.100. The highest BCUT2D eigenvalue weighted by molar-refractivity contribution is 6.83. The largest absolute Gasteiger partial charge is 0.340 e. The van der Waals surface area contributed by atoms with E-state index in [0.717, 1.165) is 6.54 Å². The van der Waals surface area contributed by atoms with Crippen LogP contribution in [-0.2, 0) is 12.0 Å². The second kappa shape index (κ2) is 14.1. The van der Waals surface area contributed by atoms with Gasteiger partial charge in [0.25, 0.3) is 0 Å². The van der Waals surface area contributed by atoms with Crippen molar-refractivity contribution < 1.29 is 0 Å². The van der Waals surface area contributed by atoms with E-state index in [2.05, 4.69) is 98.9 Å². The summed E-state index contributed by atoms with van der Waals surface area (Å²) in [4.78, 5) is 0. The second-order valence-electron chi connectivity index (χ2n) is 13.4. The van der Waals surface area contributed by atoms with Gasteiger partial charge < -0.3 is 4.57 Å². The number of nitrogens with zero attached hydrogens (tertiary/aromatic N) is 1. The number of aryl methyl sites for hydroxylation is 1. The number of benzene rings is 2. The Morgan fingerprint density at radius 3 is 1.98 bits per heavy atom. The maximum Gasteiger partial charge on any atom is 0.129 e. The van der Waals surface area contributed by atoms with Crippen molar-refractivity contribution in [1.82, 2.24) is 4.57 Å². The van der Waals surface area contributed by atoms with Gasteiger partial charge in [0, 0.05) is 34.0 Å². The fraction of sp³-hybridized carbons (Fsp3) is 0.579. The summed E-state index contributed by atoms with van der Waals surface area (Å²) in [5.74, 6) is 3.63. The second-order valence-corrected chi connectivity index (χ2v) is 18.2. The number of fused-ring (bicyclic) bond motifs is 5. The zero-order chi connectivity index (χ0) is 28.6. The fourth-order valence-corrected chi connectivity index (χ4v) is 7.49. The smallest absolute Gasteiger partial charge is 0.129 e. The molecule has 1 heterocycles. The molecule has 0 radical (unpaired) electrons. The van der Waals surface area contributed by atoms with E-state index in [1.165, 1.54) is 118 Å². The van der Waals surface area contributed by atoms with Crippen LogP contribution in [0.4, 0.5) is 0 Å². The molecule has 0 bridgehead atoms. The minimum Gasteiger partial charge on any atom is -0.340 e. The fourth-order valence-electron chi connectivity index (χ4n) is 6.97. The lowest BCUT2D eigenvalue weighted by Gasteiger charge is -2.33. The van der Waals surface area contributed by atoms with Gasteiger partial charge in [0.1, 0.15) is 8.07 Å². The van der Waals surface area contributed by atoms with E-state index >= 15 is 0 Å². The first-order valence-corrected chi connectivity index (χ1v) is 20.2. The van der Waals surface area contributed by atoms with Gasteiger partial charge in [-0.3, -0.25) is 0 Å². The Bertz CT molecular complexity index is 1300. The molecule has 0 fully saturated rings. The average molecular weight is 554 g/mol. The SMILES string of the molecule is CCCCCCn1c2c(c3ccccc31)C(CCCCCC)(CCCCCC)c1cc(C#C[Si](C)(C)C)ccc1-2. The highest BCUT2D eigenvalue weighted by Crippen LogP contribution is 2.57. The van der Waals surface area contributed by atoms with E-state index in [9.17, 15) is 0 Å². The first kappa shape index (κ1) is 30.7. The van der Waals surface area contributed by atoms with Crippen molar-refractivity contribution in [1.29, 1.82) is 0 Å².